The summed E-state index contributed by atoms with van der Waals surface area (Å²) >= 11 is 3.29. The maximum atomic E-state index is 11.1. The number of nitrogens with zero attached hydrogens (tertiary/aromatic N) is 2. The van der Waals surface area contributed by atoms with Crippen LogP contribution in [0.3, 0.4) is 0 Å². The SMILES string of the molecule is Cc1ccc2c(c1)sc(C=C1Sc3ccccc3N1CCO)[n+]2CCCS(=O)(=O)[O-]. The van der Waals surface area contributed by atoms with Crippen molar-refractivity contribution in [3.63, 3.8) is 0 Å². The molecule has 0 atom stereocenters. The molecule has 0 fully saturated rings. The molecule has 6 nitrogen and oxygen atoms in total. The number of thiazole rings is 1. The molecule has 1 N–H and O–H groups in total. The number of aryl methyl sites for hydroxylation is 2. The molecular weight excluding hydrogens is 440 g/mol. The van der Waals surface area contributed by atoms with Crippen molar-refractivity contribution in [1.82, 2.24) is 0 Å². The van der Waals surface area contributed by atoms with Gasteiger partial charge in [0, 0.05) is 29.7 Å². The van der Waals surface area contributed by atoms with Gasteiger partial charge in [-0.2, -0.15) is 4.57 Å². The Balaban J connectivity index is 1.75. The number of thioether (sulfide) groups is 1. The van der Waals surface area contributed by atoms with Crippen LogP contribution in [0.4, 0.5) is 5.69 Å². The normalized spacial score (nSPS) is 15.3. The standard InChI is InChI=1S/C21H22N2O4S3/c1-15-7-8-17-19(13-15)29-20(22(17)9-4-12-30(25,26)27)14-21-23(10-11-24)16-5-2-3-6-18(16)28-21/h2-3,5-8,13-14,24H,4,9-12H2,1H3. The van der Waals surface area contributed by atoms with Gasteiger partial charge >= 0.3 is 0 Å². The number of rotatable bonds is 7. The maximum absolute atomic E-state index is 11.1. The third-order valence-corrected chi connectivity index (χ3v) is 7.87. The van der Waals surface area contributed by atoms with E-state index in [1.54, 1.807) is 23.1 Å². The van der Waals surface area contributed by atoms with Gasteiger partial charge in [-0.25, -0.2) is 8.42 Å². The average Bonchev–Trinajstić information content (AvgIpc) is 3.19. The number of aromatic nitrogens is 1. The summed E-state index contributed by atoms with van der Waals surface area (Å²) in [6.07, 6.45) is 2.35. The second kappa shape index (κ2) is 8.68. The highest BCUT2D eigenvalue weighted by Crippen LogP contribution is 2.46. The number of aliphatic hydroxyl groups is 1. The molecule has 0 amide bonds. The molecular formula is C21H22N2O4S3. The van der Waals surface area contributed by atoms with Crippen LogP contribution in [0, 0.1) is 6.92 Å². The Kier molecular flexibility index (Phi) is 6.17. The lowest BCUT2D eigenvalue weighted by Crippen LogP contribution is -2.36. The zero-order valence-electron chi connectivity index (χ0n) is 16.4. The lowest BCUT2D eigenvalue weighted by Gasteiger charge is -2.18. The van der Waals surface area contributed by atoms with E-state index in [9.17, 15) is 18.1 Å². The summed E-state index contributed by atoms with van der Waals surface area (Å²) in [5, 5.41) is 11.6. The summed E-state index contributed by atoms with van der Waals surface area (Å²) in [6, 6.07) is 14.3. The van der Waals surface area contributed by atoms with Crippen molar-refractivity contribution >= 4 is 55.2 Å². The summed E-state index contributed by atoms with van der Waals surface area (Å²) in [5.41, 5.74) is 3.25. The highest BCUT2D eigenvalue weighted by Gasteiger charge is 2.27. The average molecular weight is 463 g/mol. The minimum atomic E-state index is -4.24. The van der Waals surface area contributed by atoms with Crippen molar-refractivity contribution in [3.05, 3.63) is 58.1 Å². The van der Waals surface area contributed by atoms with Crippen LogP contribution in [0.2, 0.25) is 0 Å². The third kappa shape index (κ3) is 4.55. The molecule has 1 aliphatic heterocycles. The van der Waals surface area contributed by atoms with Gasteiger partial charge in [0.15, 0.2) is 6.54 Å². The van der Waals surface area contributed by atoms with Gasteiger partial charge < -0.3 is 14.6 Å². The first-order valence-corrected chi connectivity index (χ1v) is 12.8. The Morgan fingerprint density at radius 2 is 2.03 bits per heavy atom. The van der Waals surface area contributed by atoms with E-state index in [1.807, 2.05) is 37.3 Å². The Morgan fingerprint density at radius 3 is 2.80 bits per heavy atom. The number of aliphatic hydroxyl groups excluding tert-OH is 1. The van der Waals surface area contributed by atoms with Gasteiger partial charge in [-0.3, -0.25) is 0 Å². The van der Waals surface area contributed by atoms with Gasteiger partial charge in [-0.15, -0.1) is 0 Å². The highest BCUT2D eigenvalue weighted by molar-refractivity contribution is 8.03. The van der Waals surface area contributed by atoms with Crippen molar-refractivity contribution in [1.29, 1.82) is 0 Å². The van der Waals surface area contributed by atoms with E-state index in [-0.39, 0.29) is 18.8 Å². The van der Waals surface area contributed by atoms with Crippen molar-refractivity contribution in [2.24, 2.45) is 0 Å². The van der Waals surface area contributed by atoms with Gasteiger partial charge in [0.2, 0.25) is 5.52 Å². The molecule has 4 rings (SSSR count). The quantitative estimate of drug-likeness (QED) is 0.428. The first-order valence-electron chi connectivity index (χ1n) is 9.59. The maximum Gasteiger partial charge on any atom is 0.265 e. The molecule has 0 aliphatic carbocycles. The topological polar surface area (TPSA) is 84.5 Å². The minimum absolute atomic E-state index is 0.0409. The molecule has 1 aliphatic rings. The van der Waals surface area contributed by atoms with E-state index in [0.29, 0.717) is 13.1 Å². The molecule has 0 saturated carbocycles. The zero-order chi connectivity index (χ0) is 21.3. The van der Waals surface area contributed by atoms with E-state index in [1.165, 1.54) is 0 Å². The fourth-order valence-electron chi connectivity index (χ4n) is 3.55. The zero-order valence-corrected chi connectivity index (χ0v) is 18.9. The van der Waals surface area contributed by atoms with Crippen LogP contribution in [-0.2, 0) is 16.7 Å². The van der Waals surface area contributed by atoms with Gasteiger partial charge in [-0.1, -0.05) is 41.3 Å². The van der Waals surface area contributed by atoms with Crippen LogP contribution in [0.15, 0.2) is 52.4 Å². The summed E-state index contributed by atoms with van der Waals surface area (Å²) in [6.45, 7) is 3.02. The third-order valence-electron chi connectivity index (χ3n) is 4.87. The van der Waals surface area contributed by atoms with Crippen molar-refractivity contribution in [2.75, 3.05) is 23.8 Å². The summed E-state index contributed by atoms with van der Waals surface area (Å²) < 4.78 is 36.4. The molecule has 0 bridgehead atoms. The smallest absolute Gasteiger partial charge is 0.265 e. The Labute approximate surface area is 184 Å². The number of hydrogen-bond donors (Lipinski definition) is 1. The molecule has 0 saturated heterocycles. The highest BCUT2D eigenvalue weighted by atomic mass is 32.2. The largest absolute Gasteiger partial charge is 0.748 e. The van der Waals surface area contributed by atoms with Crippen LogP contribution in [0.25, 0.3) is 16.3 Å². The lowest BCUT2D eigenvalue weighted by atomic mass is 10.2. The second-order valence-electron chi connectivity index (χ2n) is 7.11. The van der Waals surface area contributed by atoms with Gasteiger partial charge in [0.05, 0.1) is 33.5 Å². The van der Waals surface area contributed by atoms with Crippen molar-refractivity contribution in [3.8, 4) is 0 Å². The fourth-order valence-corrected chi connectivity index (χ4v) is 6.45. The van der Waals surface area contributed by atoms with Crippen LogP contribution in [0.1, 0.15) is 17.0 Å². The number of fused-ring (bicyclic) bond motifs is 2. The Hall–Kier alpha value is -1.91. The van der Waals surface area contributed by atoms with E-state index in [0.717, 1.165) is 36.4 Å². The molecule has 158 valence electrons. The van der Waals surface area contributed by atoms with Crippen molar-refractivity contribution < 1.29 is 22.6 Å². The van der Waals surface area contributed by atoms with E-state index < -0.39 is 10.1 Å². The molecule has 0 unspecified atom stereocenters. The summed E-state index contributed by atoms with van der Waals surface area (Å²) in [5.74, 6) is -0.379. The number of β-amino-alcohol motifs (C(OH)–C–C–N with tert-alkyl or cyclic N) is 1. The molecule has 2 heterocycles. The molecule has 9 heteroatoms. The number of hydrogen-bond acceptors (Lipinski definition) is 7. The Morgan fingerprint density at radius 1 is 1.23 bits per heavy atom. The molecule has 30 heavy (non-hydrogen) atoms. The molecule has 1 aromatic heterocycles. The van der Waals surface area contributed by atoms with Gasteiger partial charge in [-0.05, 0) is 30.7 Å². The molecule has 0 radical (unpaired) electrons. The van der Waals surface area contributed by atoms with E-state index >= 15 is 0 Å². The van der Waals surface area contributed by atoms with Crippen LogP contribution >= 0.6 is 23.1 Å². The lowest BCUT2D eigenvalue weighted by molar-refractivity contribution is -0.668. The van der Waals surface area contributed by atoms with Gasteiger partial charge in [0.1, 0.15) is 4.70 Å². The first-order chi connectivity index (χ1) is 14.4. The molecule has 3 aromatic rings. The Bertz CT molecular complexity index is 1220. The predicted octanol–water partition coefficient (Wildman–Crippen LogP) is 3.34. The number of benzene rings is 2. The summed E-state index contributed by atoms with van der Waals surface area (Å²) in [4.78, 5) is 3.24. The predicted molar refractivity (Wildman–Crippen MR) is 121 cm³/mol. The fraction of sp³-hybridized carbons (Fsp3) is 0.286. The molecule has 0 spiro atoms. The molecule has 2 aromatic carbocycles. The minimum Gasteiger partial charge on any atom is -0.748 e. The van der Waals surface area contributed by atoms with E-state index in [4.69, 9.17) is 0 Å². The number of anilines is 1. The monoisotopic (exact) mass is 462 g/mol. The van der Waals surface area contributed by atoms with E-state index in [2.05, 4.69) is 27.7 Å². The summed E-state index contributed by atoms with van der Waals surface area (Å²) in [7, 11) is -4.24. The van der Waals surface area contributed by atoms with Crippen LogP contribution in [0.5, 0.6) is 0 Å². The first kappa shape index (κ1) is 21.3. The van der Waals surface area contributed by atoms with Crippen LogP contribution in [-0.4, -0.2) is 37.0 Å². The van der Waals surface area contributed by atoms with Gasteiger partial charge in [0.25, 0.3) is 5.01 Å². The van der Waals surface area contributed by atoms with Crippen LogP contribution < -0.4 is 9.47 Å². The second-order valence-corrected chi connectivity index (χ2v) is 10.8. The number of para-hydroxylation sites is 1. The van der Waals surface area contributed by atoms with Crippen molar-refractivity contribution in [2.45, 2.75) is 24.8 Å².